The van der Waals surface area contributed by atoms with E-state index >= 15 is 0 Å². The molecule has 0 unspecified atom stereocenters. The second-order valence-electron chi connectivity index (χ2n) is 6.61. The Morgan fingerprint density at radius 2 is 2.00 bits per heavy atom. The number of aromatic nitrogens is 1. The fourth-order valence-electron chi connectivity index (χ4n) is 3.20. The molecule has 0 aliphatic carbocycles. The fourth-order valence-corrected chi connectivity index (χ4v) is 3.57. The van der Waals surface area contributed by atoms with E-state index in [1.807, 2.05) is 0 Å². The molecular weight excluding hydrogens is 407 g/mol. The second kappa shape index (κ2) is 8.60. The minimum absolute atomic E-state index is 0.0732. The van der Waals surface area contributed by atoms with Gasteiger partial charge in [0.15, 0.2) is 5.82 Å². The molecule has 0 atom stereocenters. The van der Waals surface area contributed by atoms with Gasteiger partial charge >= 0.3 is 6.09 Å². The lowest BCUT2D eigenvalue weighted by Crippen LogP contribution is -2.36. The van der Waals surface area contributed by atoms with E-state index in [1.54, 1.807) is 61.8 Å². The van der Waals surface area contributed by atoms with Crippen molar-refractivity contribution in [2.45, 2.75) is 13.1 Å². The number of rotatable bonds is 6. The maximum Gasteiger partial charge on any atom is 0.415 e. The predicted molar refractivity (Wildman–Crippen MR) is 114 cm³/mol. The molecule has 9 heteroatoms. The van der Waals surface area contributed by atoms with E-state index in [1.165, 1.54) is 15.5 Å². The normalized spacial score (nSPS) is 13.0. The topological polar surface area (TPSA) is 75.6 Å². The molecule has 30 heavy (non-hydrogen) atoms. The molecule has 0 saturated carbocycles. The van der Waals surface area contributed by atoms with E-state index in [-0.39, 0.29) is 18.6 Å². The number of pyridine rings is 1. The Morgan fingerprint density at radius 1 is 1.13 bits per heavy atom. The van der Waals surface area contributed by atoms with Gasteiger partial charge in [-0.05, 0) is 25.2 Å². The fraction of sp³-hybridized carbons (Fsp3) is 0.143. The summed E-state index contributed by atoms with van der Waals surface area (Å²) in [5.41, 5.74) is 1.91. The van der Waals surface area contributed by atoms with Crippen LogP contribution in [0, 0.1) is 5.82 Å². The van der Waals surface area contributed by atoms with Gasteiger partial charge in [0, 0.05) is 41.6 Å². The van der Waals surface area contributed by atoms with Crippen LogP contribution in [0.1, 0.15) is 11.1 Å². The number of nitrogens with one attached hydrogen (secondary N) is 2. The lowest BCUT2D eigenvalue weighted by Gasteiger charge is -2.28. The van der Waals surface area contributed by atoms with E-state index in [4.69, 9.17) is 4.74 Å². The van der Waals surface area contributed by atoms with Gasteiger partial charge in [-0.3, -0.25) is 14.3 Å². The van der Waals surface area contributed by atoms with Gasteiger partial charge in [0.25, 0.3) is 5.56 Å². The summed E-state index contributed by atoms with van der Waals surface area (Å²) in [6, 6.07) is 15.1. The smallest absolute Gasteiger partial charge is 0.410 e. The molecular formula is C21H19FN4O3S. The number of anilines is 1. The number of nitrogens with zero attached hydrogens (tertiary/aromatic N) is 2. The maximum atomic E-state index is 14.7. The van der Waals surface area contributed by atoms with Gasteiger partial charge < -0.3 is 9.46 Å². The predicted octanol–water partition coefficient (Wildman–Crippen LogP) is 3.69. The van der Waals surface area contributed by atoms with Gasteiger partial charge in [-0.25, -0.2) is 13.9 Å². The SMILES string of the molecule is CNSNc1cccc(CN2Cc3ccc(-n4ccccc4=O)cc3OC2=O)c1F. The highest BCUT2D eigenvalue weighted by Crippen LogP contribution is 2.30. The number of carbonyl (C=O) groups excluding carboxylic acids is 1. The molecule has 0 spiro atoms. The molecule has 2 N–H and O–H groups in total. The molecule has 0 bridgehead atoms. The zero-order chi connectivity index (χ0) is 21.1. The van der Waals surface area contributed by atoms with E-state index in [0.29, 0.717) is 22.7 Å². The Hall–Kier alpha value is -3.30. The van der Waals surface area contributed by atoms with Crippen molar-refractivity contribution < 1.29 is 13.9 Å². The summed E-state index contributed by atoms with van der Waals surface area (Å²) >= 11 is 1.15. The summed E-state index contributed by atoms with van der Waals surface area (Å²) in [4.78, 5) is 26.0. The quantitative estimate of drug-likeness (QED) is 0.586. The van der Waals surface area contributed by atoms with Crippen LogP contribution in [-0.4, -0.2) is 22.6 Å². The zero-order valence-corrected chi connectivity index (χ0v) is 16.9. The highest BCUT2D eigenvalue weighted by Gasteiger charge is 2.26. The summed E-state index contributed by atoms with van der Waals surface area (Å²) in [7, 11) is 1.72. The van der Waals surface area contributed by atoms with Gasteiger partial charge in [0.2, 0.25) is 0 Å². The highest BCUT2D eigenvalue weighted by molar-refractivity contribution is 7.98. The first-order chi connectivity index (χ1) is 14.6. The molecule has 1 aliphatic rings. The number of hydrogen-bond acceptors (Lipinski definition) is 6. The van der Waals surface area contributed by atoms with Crippen molar-refractivity contribution in [1.29, 1.82) is 0 Å². The average molecular weight is 426 g/mol. The van der Waals surface area contributed by atoms with Gasteiger partial charge in [-0.2, -0.15) is 0 Å². The van der Waals surface area contributed by atoms with Crippen molar-refractivity contribution in [3.63, 3.8) is 0 Å². The van der Waals surface area contributed by atoms with E-state index in [0.717, 1.165) is 17.7 Å². The Bertz CT molecular complexity index is 1150. The van der Waals surface area contributed by atoms with Crippen molar-refractivity contribution in [3.8, 4) is 11.4 Å². The monoisotopic (exact) mass is 426 g/mol. The molecule has 0 saturated heterocycles. The van der Waals surface area contributed by atoms with Crippen LogP contribution in [0.2, 0.25) is 0 Å². The van der Waals surface area contributed by atoms with E-state index in [2.05, 4.69) is 9.44 Å². The van der Waals surface area contributed by atoms with Crippen molar-refractivity contribution in [3.05, 3.63) is 88.1 Å². The van der Waals surface area contributed by atoms with Crippen LogP contribution in [0.4, 0.5) is 14.9 Å². The summed E-state index contributed by atoms with van der Waals surface area (Å²) in [5, 5.41) is 0. The van der Waals surface area contributed by atoms with E-state index in [9.17, 15) is 14.0 Å². The van der Waals surface area contributed by atoms with Gasteiger partial charge in [0.1, 0.15) is 5.75 Å². The molecule has 2 heterocycles. The third-order valence-corrected chi connectivity index (χ3v) is 5.20. The molecule has 3 aromatic rings. The lowest BCUT2D eigenvalue weighted by molar-refractivity contribution is 0.134. The Morgan fingerprint density at radius 3 is 2.80 bits per heavy atom. The molecule has 1 amide bonds. The number of benzene rings is 2. The zero-order valence-electron chi connectivity index (χ0n) is 16.1. The number of fused-ring (bicyclic) bond motifs is 1. The number of carbonyl (C=O) groups is 1. The summed E-state index contributed by atoms with van der Waals surface area (Å²) in [6.07, 6.45) is 1.08. The molecule has 1 aromatic heterocycles. The summed E-state index contributed by atoms with van der Waals surface area (Å²) in [6.45, 7) is 0.351. The minimum Gasteiger partial charge on any atom is -0.410 e. The Balaban J connectivity index is 1.56. The number of halogens is 1. The van der Waals surface area contributed by atoms with Crippen LogP contribution in [0.3, 0.4) is 0 Å². The van der Waals surface area contributed by atoms with Crippen molar-refractivity contribution in [2.75, 3.05) is 11.8 Å². The second-order valence-corrected chi connectivity index (χ2v) is 7.43. The van der Waals surface area contributed by atoms with Crippen molar-refractivity contribution >= 4 is 23.9 Å². The van der Waals surface area contributed by atoms with Crippen LogP contribution in [0.5, 0.6) is 5.75 Å². The molecule has 0 radical (unpaired) electrons. The van der Waals surface area contributed by atoms with Crippen molar-refractivity contribution in [2.24, 2.45) is 0 Å². The van der Waals surface area contributed by atoms with Gasteiger partial charge in [-0.15, -0.1) is 0 Å². The lowest BCUT2D eigenvalue weighted by atomic mass is 10.1. The molecule has 0 fully saturated rings. The Kier molecular flexibility index (Phi) is 5.73. The molecule has 7 nitrogen and oxygen atoms in total. The van der Waals surface area contributed by atoms with E-state index < -0.39 is 11.9 Å². The molecule has 2 aromatic carbocycles. The van der Waals surface area contributed by atoms with Crippen LogP contribution in [0.25, 0.3) is 5.69 Å². The Labute approximate surface area is 176 Å². The molecule has 1 aliphatic heterocycles. The first kappa shape index (κ1) is 20.0. The third-order valence-electron chi connectivity index (χ3n) is 4.67. The first-order valence-electron chi connectivity index (χ1n) is 9.20. The number of amides is 1. The first-order valence-corrected chi connectivity index (χ1v) is 10.0. The summed E-state index contributed by atoms with van der Waals surface area (Å²) < 4.78 is 27.4. The maximum absolute atomic E-state index is 14.7. The van der Waals surface area contributed by atoms with Gasteiger partial charge in [-0.1, -0.05) is 24.3 Å². The van der Waals surface area contributed by atoms with Crippen LogP contribution >= 0.6 is 12.1 Å². The van der Waals surface area contributed by atoms with Crippen LogP contribution in [0.15, 0.2) is 65.6 Å². The largest absolute Gasteiger partial charge is 0.415 e. The highest BCUT2D eigenvalue weighted by atomic mass is 32.2. The average Bonchev–Trinajstić information content (AvgIpc) is 2.75. The van der Waals surface area contributed by atoms with Crippen molar-refractivity contribution in [1.82, 2.24) is 14.2 Å². The molecule has 4 rings (SSSR count). The standard InChI is InChI=1S/C21H19FN4O3S/c1-23-30-24-17-6-4-5-15(20(17)22)13-25-12-14-8-9-16(11-18(14)29-21(25)28)26-10-3-2-7-19(26)27/h2-11,23-24H,12-13H2,1H3. The molecule has 154 valence electrons. The van der Waals surface area contributed by atoms with Crippen LogP contribution in [-0.2, 0) is 13.1 Å². The van der Waals surface area contributed by atoms with Crippen LogP contribution < -0.4 is 19.7 Å². The summed E-state index contributed by atoms with van der Waals surface area (Å²) in [5.74, 6) is -0.0246. The number of ether oxygens (including phenoxy) is 1. The third kappa shape index (κ3) is 4.03. The minimum atomic E-state index is -0.567. The number of hydrogen-bond donors (Lipinski definition) is 2. The van der Waals surface area contributed by atoms with Gasteiger partial charge in [0.05, 0.1) is 24.5 Å².